The van der Waals surface area contributed by atoms with Crippen molar-refractivity contribution >= 4 is 38.9 Å². The van der Waals surface area contributed by atoms with Crippen molar-refractivity contribution in [1.29, 1.82) is 0 Å². The summed E-state index contributed by atoms with van der Waals surface area (Å²) in [4.78, 5) is 11.7. The Morgan fingerprint density at radius 2 is 1.83 bits per heavy atom. The summed E-state index contributed by atoms with van der Waals surface area (Å²) in [5.41, 5.74) is 0.632. The molecule has 23 heavy (non-hydrogen) atoms. The lowest BCUT2D eigenvalue weighted by Crippen LogP contribution is -2.33. The summed E-state index contributed by atoms with van der Waals surface area (Å²) in [5, 5.41) is 5.65. The summed E-state index contributed by atoms with van der Waals surface area (Å²) in [6, 6.07) is 6.38. The van der Waals surface area contributed by atoms with Crippen molar-refractivity contribution in [3.63, 3.8) is 0 Å². The number of anilines is 1. The monoisotopic (exact) mass is 355 g/mol. The number of amides is 1. The summed E-state index contributed by atoms with van der Waals surface area (Å²) < 4.78 is 26.3. The van der Waals surface area contributed by atoms with Gasteiger partial charge < -0.3 is 10.6 Å². The molecule has 1 aromatic rings. The maximum absolute atomic E-state index is 12.4. The molecule has 0 saturated carbocycles. The Morgan fingerprint density at radius 1 is 1.22 bits per heavy atom. The zero-order chi connectivity index (χ0) is 16.9. The minimum absolute atomic E-state index is 0.141. The Bertz CT molecular complexity index is 666. The minimum Gasteiger partial charge on any atom is -0.332 e. The quantitative estimate of drug-likeness (QED) is 0.791. The van der Waals surface area contributed by atoms with Gasteiger partial charge in [-0.15, -0.1) is 0 Å². The number of sulfonamides is 1. The van der Waals surface area contributed by atoms with Crippen LogP contribution in [0.5, 0.6) is 0 Å². The van der Waals surface area contributed by atoms with Crippen molar-refractivity contribution in [3.05, 3.63) is 24.3 Å². The third-order valence-corrected chi connectivity index (χ3v) is 5.66. The third kappa shape index (κ3) is 4.73. The van der Waals surface area contributed by atoms with E-state index in [1.165, 1.54) is 4.31 Å². The molecule has 1 saturated heterocycles. The van der Waals surface area contributed by atoms with E-state index < -0.39 is 10.0 Å². The van der Waals surface area contributed by atoms with Crippen LogP contribution >= 0.6 is 12.2 Å². The van der Waals surface area contributed by atoms with Crippen molar-refractivity contribution in [2.24, 2.45) is 0 Å². The fourth-order valence-corrected chi connectivity index (χ4v) is 4.12. The first-order valence-corrected chi connectivity index (χ1v) is 9.49. The smallest absolute Gasteiger partial charge is 0.243 e. The largest absolute Gasteiger partial charge is 0.332 e. The summed E-state index contributed by atoms with van der Waals surface area (Å²) in [6.45, 7) is 3.07. The molecule has 0 aromatic heterocycles. The van der Waals surface area contributed by atoms with Gasteiger partial charge in [0.2, 0.25) is 15.9 Å². The van der Waals surface area contributed by atoms with Gasteiger partial charge in [-0.3, -0.25) is 4.79 Å². The molecule has 1 aromatic carbocycles. The van der Waals surface area contributed by atoms with Gasteiger partial charge in [0.15, 0.2) is 5.11 Å². The molecule has 2 rings (SSSR count). The van der Waals surface area contributed by atoms with Gasteiger partial charge in [-0.25, -0.2) is 8.42 Å². The Labute approximate surface area is 142 Å². The molecule has 2 N–H and O–H groups in total. The molecule has 0 aliphatic carbocycles. The topological polar surface area (TPSA) is 78.5 Å². The molecule has 126 valence electrons. The Hall–Kier alpha value is -1.51. The lowest BCUT2D eigenvalue weighted by Gasteiger charge is -2.16. The van der Waals surface area contributed by atoms with Crippen molar-refractivity contribution in [1.82, 2.24) is 9.62 Å². The van der Waals surface area contributed by atoms with Crippen LogP contribution in [0.2, 0.25) is 0 Å². The predicted molar refractivity (Wildman–Crippen MR) is 93.7 cm³/mol. The van der Waals surface area contributed by atoms with Crippen LogP contribution in [-0.4, -0.2) is 36.8 Å². The number of nitrogens with zero attached hydrogens (tertiary/aromatic N) is 1. The highest BCUT2D eigenvalue weighted by molar-refractivity contribution is 7.89. The zero-order valence-corrected chi connectivity index (χ0v) is 14.7. The van der Waals surface area contributed by atoms with E-state index in [0.717, 1.165) is 19.3 Å². The Balaban J connectivity index is 1.99. The van der Waals surface area contributed by atoms with E-state index in [9.17, 15) is 13.2 Å². The molecule has 8 heteroatoms. The summed E-state index contributed by atoms with van der Waals surface area (Å²) in [6.07, 6.45) is 2.97. The lowest BCUT2D eigenvalue weighted by atomic mass is 10.3. The van der Waals surface area contributed by atoms with Gasteiger partial charge in [0, 0.05) is 25.2 Å². The predicted octanol–water partition coefficient (Wildman–Crippen LogP) is 2.08. The second kappa shape index (κ2) is 7.85. The van der Waals surface area contributed by atoms with Crippen molar-refractivity contribution in [2.45, 2.75) is 37.5 Å². The van der Waals surface area contributed by atoms with Gasteiger partial charge >= 0.3 is 0 Å². The molecule has 0 radical (unpaired) electrons. The van der Waals surface area contributed by atoms with Crippen molar-refractivity contribution in [3.8, 4) is 0 Å². The highest BCUT2D eigenvalue weighted by Crippen LogP contribution is 2.22. The maximum atomic E-state index is 12.4. The van der Waals surface area contributed by atoms with E-state index in [4.69, 9.17) is 12.2 Å². The van der Waals surface area contributed by atoms with Gasteiger partial charge in [-0.05, 0) is 55.7 Å². The number of benzene rings is 1. The average Bonchev–Trinajstić information content (AvgIpc) is 3.02. The maximum Gasteiger partial charge on any atom is 0.243 e. The van der Waals surface area contributed by atoms with Crippen LogP contribution in [0.4, 0.5) is 5.69 Å². The van der Waals surface area contributed by atoms with E-state index >= 15 is 0 Å². The number of carbonyl (C=O) groups excluding carboxylic acids is 1. The lowest BCUT2D eigenvalue weighted by molar-refractivity contribution is -0.119. The first-order chi connectivity index (χ1) is 10.9. The van der Waals surface area contributed by atoms with E-state index in [1.54, 1.807) is 24.3 Å². The fraction of sp³-hybridized carbons (Fsp3) is 0.467. The third-order valence-electron chi connectivity index (χ3n) is 3.55. The molecule has 1 aliphatic heterocycles. The first-order valence-electron chi connectivity index (χ1n) is 7.64. The molecule has 0 spiro atoms. The van der Waals surface area contributed by atoms with Gasteiger partial charge in [-0.2, -0.15) is 4.31 Å². The molecule has 0 bridgehead atoms. The van der Waals surface area contributed by atoms with Crippen LogP contribution < -0.4 is 10.6 Å². The summed E-state index contributed by atoms with van der Waals surface area (Å²) >= 11 is 5.05. The molecule has 1 aliphatic rings. The highest BCUT2D eigenvalue weighted by Gasteiger charge is 2.26. The van der Waals surface area contributed by atoms with Gasteiger partial charge in [0.05, 0.1) is 4.90 Å². The minimum atomic E-state index is -3.41. The van der Waals surface area contributed by atoms with Crippen LogP contribution in [0.25, 0.3) is 0 Å². The fourth-order valence-electron chi connectivity index (χ4n) is 2.37. The number of hydrogen-bond donors (Lipinski definition) is 2. The van der Waals surface area contributed by atoms with Gasteiger partial charge in [0.25, 0.3) is 0 Å². The summed E-state index contributed by atoms with van der Waals surface area (Å²) in [7, 11) is -3.41. The molecule has 1 fully saturated rings. The first kappa shape index (κ1) is 17.8. The van der Waals surface area contributed by atoms with Gasteiger partial charge in [-0.1, -0.05) is 6.92 Å². The number of carbonyl (C=O) groups is 1. The van der Waals surface area contributed by atoms with E-state index in [-0.39, 0.29) is 15.9 Å². The van der Waals surface area contributed by atoms with Crippen LogP contribution in [0.3, 0.4) is 0 Å². The van der Waals surface area contributed by atoms with E-state index in [0.29, 0.717) is 25.2 Å². The molecule has 0 unspecified atom stereocenters. The SMILES string of the molecule is CCCC(=O)NC(=S)Nc1ccc(S(=O)(=O)N2CCCC2)cc1. The van der Waals surface area contributed by atoms with Crippen LogP contribution in [-0.2, 0) is 14.8 Å². The molecule has 0 atom stereocenters. The Kier molecular flexibility index (Phi) is 6.09. The number of rotatable bonds is 5. The van der Waals surface area contributed by atoms with E-state index in [1.807, 2.05) is 6.92 Å². The van der Waals surface area contributed by atoms with Crippen molar-refractivity contribution in [2.75, 3.05) is 18.4 Å². The van der Waals surface area contributed by atoms with Crippen LogP contribution in [0.1, 0.15) is 32.6 Å². The standard InChI is InChI=1S/C15H21N3O3S2/c1-2-5-14(19)17-15(22)16-12-6-8-13(9-7-12)23(20,21)18-10-3-4-11-18/h6-9H,2-5,10-11H2,1H3,(H2,16,17,19,22). The van der Waals surface area contributed by atoms with Crippen LogP contribution in [0, 0.1) is 0 Å². The zero-order valence-electron chi connectivity index (χ0n) is 13.0. The number of thiocarbonyl (C=S) groups is 1. The molecule has 1 amide bonds. The molecular formula is C15H21N3O3S2. The second-order valence-corrected chi connectivity index (χ2v) is 7.73. The molecule has 6 nitrogen and oxygen atoms in total. The highest BCUT2D eigenvalue weighted by atomic mass is 32.2. The average molecular weight is 355 g/mol. The summed E-state index contributed by atoms with van der Waals surface area (Å²) in [5.74, 6) is -0.141. The second-order valence-electron chi connectivity index (χ2n) is 5.39. The van der Waals surface area contributed by atoms with Crippen LogP contribution in [0.15, 0.2) is 29.2 Å². The molecular weight excluding hydrogens is 334 g/mol. The van der Waals surface area contributed by atoms with E-state index in [2.05, 4.69) is 10.6 Å². The van der Waals surface area contributed by atoms with Gasteiger partial charge in [0.1, 0.15) is 0 Å². The number of nitrogens with one attached hydrogen (secondary N) is 2. The normalized spacial score (nSPS) is 15.3. The number of hydrogen-bond acceptors (Lipinski definition) is 4. The Morgan fingerprint density at radius 3 is 2.39 bits per heavy atom. The molecule has 1 heterocycles. The van der Waals surface area contributed by atoms with Crippen molar-refractivity contribution < 1.29 is 13.2 Å².